The van der Waals surface area contributed by atoms with Crippen molar-refractivity contribution < 1.29 is 0 Å². The Kier molecular flexibility index (Phi) is 5.66. The Morgan fingerprint density at radius 1 is 0.828 bits per heavy atom. The maximum absolute atomic E-state index is 12.9. The monoisotopic (exact) mass is 380 g/mol. The summed E-state index contributed by atoms with van der Waals surface area (Å²) in [4.78, 5) is 17.0. The van der Waals surface area contributed by atoms with Crippen molar-refractivity contribution in [2.45, 2.75) is 26.3 Å². The van der Waals surface area contributed by atoms with Gasteiger partial charge in [-0.25, -0.2) is 0 Å². The molecule has 0 aliphatic carbocycles. The number of aryl methyl sites for hydroxylation is 3. The molecule has 4 aromatic rings. The number of rotatable bonds is 6. The molecule has 0 aliphatic rings. The van der Waals surface area contributed by atoms with E-state index in [0.29, 0.717) is 6.54 Å². The summed E-state index contributed by atoms with van der Waals surface area (Å²) in [6.45, 7) is 2.76. The Hall–Kier alpha value is -3.46. The van der Waals surface area contributed by atoms with Gasteiger partial charge in [-0.2, -0.15) is 0 Å². The van der Waals surface area contributed by atoms with Crippen LogP contribution in [0, 0.1) is 6.92 Å². The number of aromatic nitrogens is 2. The SMILES string of the molecule is Cc1cccc(-c2cc(=O)n(CCCc3ccccc3)cc2-c2ccncc2)c1. The highest BCUT2D eigenvalue weighted by molar-refractivity contribution is 5.82. The summed E-state index contributed by atoms with van der Waals surface area (Å²) in [6.07, 6.45) is 7.46. The molecule has 0 fully saturated rings. The summed E-state index contributed by atoms with van der Waals surface area (Å²) in [5, 5.41) is 0. The first-order valence-electron chi connectivity index (χ1n) is 9.96. The van der Waals surface area contributed by atoms with Gasteiger partial charge in [0.15, 0.2) is 0 Å². The average Bonchev–Trinajstić information content (AvgIpc) is 2.76. The Morgan fingerprint density at radius 2 is 1.62 bits per heavy atom. The molecule has 0 saturated heterocycles. The molecule has 0 unspecified atom stereocenters. The van der Waals surface area contributed by atoms with Crippen LogP contribution >= 0.6 is 0 Å². The van der Waals surface area contributed by atoms with E-state index in [1.807, 2.05) is 35.0 Å². The average molecular weight is 380 g/mol. The van der Waals surface area contributed by atoms with Gasteiger partial charge in [-0.05, 0) is 54.2 Å². The van der Waals surface area contributed by atoms with E-state index in [9.17, 15) is 4.79 Å². The highest BCUT2D eigenvalue weighted by Crippen LogP contribution is 2.31. The third kappa shape index (κ3) is 4.52. The summed E-state index contributed by atoms with van der Waals surface area (Å²) >= 11 is 0. The predicted octanol–water partition coefficient (Wildman–Crippen LogP) is 5.52. The molecule has 0 atom stereocenters. The van der Waals surface area contributed by atoms with E-state index in [-0.39, 0.29) is 5.56 Å². The normalized spacial score (nSPS) is 10.8. The van der Waals surface area contributed by atoms with Crippen molar-refractivity contribution in [1.82, 2.24) is 9.55 Å². The van der Waals surface area contributed by atoms with Crippen LogP contribution in [0.4, 0.5) is 0 Å². The van der Waals surface area contributed by atoms with Crippen LogP contribution in [0.3, 0.4) is 0 Å². The van der Waals surface area contributed by atoms with Crippen molar-refractivity contribution in [1.29, 1.82) is 0 Å². The lowest BCUT2D eigenvalue weighted by molar-refractivity contribution is 0.623. The second-order valence-corrected chi connectivity index (χ2v) is 7.33. The van der Waals surface area contributed by atoms with Crippen LogP contribution in [-0.4, -0.2) is 9.55 Å². The van der Waals surface area contributed by atoms with Crippen molar-refractivity contribution >= 4 is 0 Å². The maximum Gasteiger partial charge on any atom is 0.251 e. The van der Waals surface area contributed by atoms with Crippen LogP contribution in [0.5, 0.6) is 0 Å². The van der Waals surface area contributed by atoms with Crippen LogP contribution in [0.1, 0.15) is 17.5 Å². The van der Waals surface area contributed by atoms with E-state index in [4.69, 9.17) is 0 Å². The molecule has 2 aromatic heterocycles. The molecular weight excluding hydrogens is 356 g/mol. The quantitative estimate of drug-likeness (QED) is 0.441. The van der Waals surface area contributed by atoms with E-state index >= 15 is 0 Å². The molecule has 4 rings (SSSR count). The molecule has 0 saturated carbocycles. The molecule has 3 heteroatoms. The molecule has 0 bridgehead atoms. The molecule has 144 valence electrons. The summed E-state index contributed by atoms with van der Waals surface area (Å²) < 4.78 is 1.83. The first-order chi connectivity index (χ1) is 14.2. The molecule has 0 radical (unpaired) electrons. The van der Waals surface area contributed by atoms with Gasteiger partial charge in [0.1, 0.15) is 0 Å². The standard InChI is InChI=1S/C26H24N2O/c1-20-7-5-11-23(17-20)24-18-26(29)28(16-6-10-21-8-3-2-4-9-21)19-25(24)22-12-14-27-15-13-22/h2-5,7-9,11-15,17-19H,6,10,16H2,1H3. The van der Waals surface area contributed by atoms with Gasteiger partial charge in [-0.15, -0.1) is 0 Å². The minimum Gasteiger partial charge on any atom is -0.315 e. The molecule has 3 nitrogen and oxygen atoms in total. The van der Waals surface area contributed by atoms with Crippen LogP contribution < -0.4 is 5.56 Å². The number of benzene rings is 2. The topological polar surface area (TPSA) is 34.9 Å². The van der Waals surface area contributed by atoms with E-state index in [2.05, 4.69) is 54.4 Å². The van der Waals surface area contributed by atoms with Gasteiger partial charge in [0.2, 0.25) is 0 Å². The van der Waals surface area contributed by atoms with Crippen LogP contribution in [-0.2, 0) is 13.0 Å². The van der Waals surface area contributed by atoms with Gasteiger partial charge in [-0.1, -0.05) is 60.2 Å². The maximum atomic E-state index is 12.9. The molecule has 2 aromatic carbocycles. The Morgan fingerprint density at radius 3 is 2.38 bits per heavy atom. The van der Waals surface area contributed by atoms with Crippen molar-refractivity contribution in [2.24, 2.45) is 0 Å². The van der Waals surface area contributed by atoms with Gasteiger partial charge < -0.3 is 4.57 Å². The van der Waals surface area contributed by atoms with Gasteiger partial charge in [0, 0.05) is 36.8 Å². The van der Waals surface area contributed by atoms with E-state index in [0.717, 1.165) is 35.1 Å². The molecule has 0 amide bonds. The van der Waals surface area contributed by atoms with Gasteiger partial charge in [-0.3, -0.25) is 9.78 Å². The van der Waals surface area contributed by atoms with Crippen LogP contribution in [0.25, 0.3) is 22.3 Å². The Bertz CT molecular complexity index is 1150. The molecule has 2 heterocycles. The summed E-state index contributed by atoms with van der Waals surface area (Å²) in [7, 11) is 0. The van der Waals surface area contributed by atoms with Gasteiger partial charge >= 0.3 is 0 Å². The second kappa shape index (κ2) is 8.70. The summed E-state index contributed by atoms with van der Waals surface area (Å²) in [5.74, 6) is 0. The lowest BCUT2D eigenvalue weighted by Gasteiger charge is -2.14. The zero-order chi connectivity index (χ0) is 20.1. The van der Waals surface area contributed by atoms with E-state index in [1.54, 1.807) is 18.5 Å². The van der Waals surface area contributed by atoms with Crippen molar-refractivity contribution in [2.75, 3.05) is 0 Å². The Balaban J connectivity index is 1.70. The number of pyridine rings is 2. The molecule has 29 heavy (non-hydrogen) atoms. The highest BCUT2D eigenvalue weighted by Gasteiger charge is 2.11. The zero-order valence-electron chi connectivity index (χ0n) is 16.6. The third-order valence-electron chi connectivity index (χ3n) is 5.15. The lowest BCUT2D eigenvalue weighted by atomic mass is 9.96. The third-order valence-corrected chi connectivity index (χ3v) is 5.15. The number of hydrogen-bond acceptors (Lipinski definition) is 2. The first-order valence-corrected chi connectivity index (χ1v) is 9.96. The number of hydrogen-bond donors (Lipinski definition) is 0. The molecule has 0 aliphatic heterocycles. The molecular formula is C26H24N2O. The van der Waals surface area contributed by atoms with Crippen molar-refractivity contribution in [3.8, 4) is 22.3 Å². The van der Waals surface area contributed by atoms with Crippen molar-refractivity contribution in [3.63, 3.8) is 0 Å². The molecule has 0 spiro atoms. The fourth-order valence-electron chi connectivity index (χ4n) is 3.66. The summed E-state index contributed by atoms with van der Waals surface area (Å²) in [5.41, 5.74) is 6.65. The second-order valence-electron chi connectivity index (χ2n) is 7.33. The fraction of sp³-hybridized carbons (Fsp3) is 0.154. The summed E-state index contributed by atoms with van der Waals surface area (Å²) in [6, 6.07) is 24.4. The number of nitrogens with zero attached hydrogens (tertiary/aromatic N) is 2. The smallest absolute Gasteiger partial charge is 0.251 e. The largest absolute Gasteiger partial charge is 0.315 e. The fourth-order valence-corrected chi connectivity index (χ4v) is 3.66. The predicted molar refractivity (Wildman–Crippen MR) is 119 cm³/mol. The Labute approximate surface area is 171 Å². The zero-order valence-corrected chi connectivity index (χ0v) is 16.6. The van der Waals surface area contributed by atoms with E-state index < -0.39 is 0 Å². The van der Waals surface area contributed by atoms with Crippen LogP contribution in [0.15, 0.2) is 96.2 Å². The van der Waals surface area contributed by atoms with E-state index in [1.165, 1.54) is 11.1 Å². The molecule has 0 N–H and O–H groups in total. The first kappa shape index (κ1) is 18.9. The highest BCUT2D eigenvalue weighted by atomic mass is 16.1. The van der Waals surface area contributed by atoms with Crippen LogP contribution in [0.2, 0.25) is 0 Å². The minimum atomic E-state index is 0.0346. The minimum absolute atomic E-state index is 0.0346. The van der Waals surface area contributed by atoms with Gasteiger partial charge in [0.05, 0.1) is 0 Å². The van der Waals surface area contributed by atoms with Crippen molar-refractivity contribution in [3.05, 3.63) is 113 Å². The lowest BCUT2D eigenvalue weighted by Crippen LogP contribution is -2.20. The van der Waals surface area contributed by atoms with Gasteiger partial charge in [0.25, 0.3) is 5.56 Å².